The first-order valence-corrected chi connectivity index (χ1v) is 11.3. The molecule has 5 nitrogen and oxygen atoms in total. The minimum absolute atomic E-state index is 0.375. The number of ether oxygens (including phenoxy) is 1. The number of rotatable bonds is 5. The molecule has 0 fully saturated rings. The van der Waals surface area contributed by atoms with Crippen LogP contribution in [0.25, 0.3) is 44.6 Å². The van der Waals surface area contributed by atoms with Gasteiger partial charge in [-0.05, 0) is 53.6 Å². The third-order valence-corrected chi connectivity index (χ3v) is 6.15. The monoisotopic (exact) mass is 450 g/mol. The summed E-state index contributed by atoms with van der Waals surface area (Å²) in [4.78, 5) is 17.3. The molecular formula is C27H18N2O3S. The van der Waals surface area contributed by atoms with Crippen molar-refractivity contribution in [3.8, 4) is 23.1 Å². The zero-order chi connectivity index (χ0) is 22.8. The Bertz CT molecular complexity index is 1610. The third kappa shape index (κ3) is 4.02. The van der Waals surface area contributed by atoms with Crippen molar-refractivity contribution in [2.45, 2.75) is 6.92 Å². The first-order valence-electron chi connectivity index (χ1n) is 10.4. The standard InChI is InChI=1S/C27H18N2O3S/c1-2-31-20-10-7-17(8-11-20)13-19(15-28)26-29-24(16-33-26)23-14-22-21-6-4-3-5-18(21)9-12-25(22)32-27(23)30/h3-14,16H,2H2,1H3/b19-13-. The number of hydrogen-bond donors (Lipinski definition) is 0. The largest absolute Gasteiger partial charge is 0.494 e. The Balaban J connectivity index is 1.54. The summed E-state index contributed by atoms with van der Waals surface area (Å²) in [6.07, 6.45) is 1.77. The number of allylic oxidation sites excluding steroid dienone is 1. The second kappa shape index (κ2) is 8.73. The predicted octanol–water partition coefficient (Wildman–Crippen LogP) is 6.53. The van der Waals surface area contributed by atoms with Crippen molar-refractivity contribution in [2.75, 3.05) is 6.61 Å². The molecule has 0 aliphatic carbocycles. The van der Waals surface area contributed by atoms with Gasteiger partial charge >= 0.3 is 5.63 Å². The van der Waals surface area contributed by atoms with Crippen LogP contribution in [0.15, 0.2) is 81.3 Å². The van der Waals surface area contributed by atoms with Crippen molar-refractivity contribution >= 4 is 44.7 Å². The number of hydrogen-bond acceptors (Lipinski definition) is 6. The van der Waals surface area contributed by atoms with Gasteiger partial charge in [-0.3, -0.25) is 0 Å². The number of nitrogens with zero attached hydrogens (tertiary/aromatic N) is 2. The van der Waals surface area contributed by atoms with Crippen LogP contribution in [0, 0.1) is 11.3 Å². The Hall–Kier alpha value is -4.21. The molecule has 0 spiro atoms. The molecular weight excluding hydrogens is 432 g/mol. The zero-order valence-electron chi connectivity index (χ0n) is 17.7. The molecule has 0 aliphatic heterocycles. The molecule has 33 heavy (non-hydrogen) atoms. The lowest BCUT2D eigenvalue weighted by Crippen LogP contribution is -2.03. The van der Waals surface area contributed by atoms with E-state index in [1.807, 2.05) is 73.7 Å². The summed E-state index contributed by atoms with van der Waals surface area (Å²) in [5, 5.41) is 15.0. The maximum absolute atomic E-state index is 12.7. The molecule has 0 aliphatic rings. The van der Waals surface area contributed by atoms with Gasteiger partial charge in [-0.15, -0.1) is 11.3 Å². The van der Waals surface area contributed by atoms with E-state index >= 15 is 0 Å². The van der Waals surface area contributed by atoms with E-state index in [2.05, 4.69) is 11.1 Å². The maximum Gasteiger partial charge on any atom is 0.345 e. The number of fused-ring (bicyclic) bond motifs is 3. The van der Waals surface area contributed by atoms with Gasteiger partial charge in [-0.1, -0.05) is 42.5 Å². The Morgan fingerprint density at radius 2 is 1.94 bits per heavy atom. The highest BCUT2D eigenvalue weighted by atomic mass is 32.1. The van der Waals surface area contributed by atoms with Crippen molar-refractivity contribution in [2.24, 2.45) is 0 Å². The highest BCUT2D eigenvalue weighted by Crippen LogP contribution is 2.30. The normalized spacial score (nSPS) is 11.6. The molecule has 6 heteroatoms. The zero-order valence-corrected chi connectivity index (χ0v) is 18.6. The molecule has 0 N–H and O–H groups in total. The van der Waals surface area contributed by atoms with Gasteiger partial charge in [-0.25, -0.2) is 9.78 Å². The van der Waals surface area contributed by atoms with E-state index in [1.54, 1.807) is 11.5 Å². The van der Waals surface area contributed by atoms with Gasteiger partial charge in [0.25, 0.3) is 0 Å². The van der Waals surface area contributed by atoms with Crippen LogP contribution in [-0.4, -0.2) is 11.6 Å². The van der Waals surface area contributed by atoms with Crippen LogP contribution in [0.1, 0.15) is 17.5 Å². The summed E-state index contributed by atoms with van der Waals surface area (Å²) in [6.45, 7) is 2.53. The van der Waals surface area contributed by atoms with Crippen LogP contribution in [0.4, 0.5) is 0 Å². The van der Waals surface area contributed by atoms with E-state index in [1.165, 1.54) is 11.3 Å². The Morgan fingerprint density at radius 3 is 2.73 bits per heavy atom. The topological polar surface area (TPSA) is 76.1 Å². The molecule has 0 atom stereocenters. The van der Waals surface area contributed by atoms with Crippen molar-refractivity contribution in [3.63, 3.8) is 0 Å². The lowest BCUT2D eigenvalue weighted by molar-refractivity contribution is 0.340. The Morgan fingerprint density at radius 1 is 1.12 bits per heavy atom. The van der Waals surface area contributed by atoms with Crippen molar-refractivity contribution in [1.29, 1.82) is 5.26 Å². The quantitative estimate of drug-likeness (QED) is 0.173. The smallest absolute Gasteiger partial charge is 0.345 e. The highest BCUT2D eigenvalue weighted by molar-refractivity contribution is 7.11. The summed E-state index contributed by atoms with van der Waals surface area (Å²) >= 11 is 1.32. The molecule has 0 radical (unpaired) electrons. The highest BCUT2D eigenvalue weighted by Gasteiger charge is 2.15. The Labute approximate surface area is 193 Å². The summed E-state index contributed by atoms with van der Waals surface area (Å²) < 4.78 is 11.1. The summed E-state index contributed by atoms with van der Waals surface area (Å²) in [7, 11) is 0. The van der Waals surface area contributed by atoms with Gasteiger partial charge in [0, 0.05) is 10.8 Å². The van der Waals surface area contributed by atoms with Crippen LogP contribution >= 0.6 is 11.3 Å². The van der Waals surface area contributed by atoms with Gasteiger partial charge in [-0.2, -0.15) is 5.26 Å². The van der Waals surface area contributed by atoms with Gasteiger partial charge in [0.2, 0.25) is 0 Å². The molecule has 2 aromatic heterocycles. The van der Waals surface area contributed by atoms with E-state index in [0.717, 1.165) is 27.5 Å². The van der Waals surface area contributed by atoms with E-state index in [-0.39, 0.29) is 0 Å². The van der Waals surface area contributed by atoms with E-state index in [0.29, 0.717) is 34.0 Å². The van der Waals surface area contributed by atoms with Gasteiger partial charge in [0.1, 0.15) is 22.4 Å². The summed E-state index contributed by atoms with van der Waals surface area (Å²) in [6, 6.07) is 23.2. The van der Waals surface area contributed by atoms with Crippen LogP contribution in [0.2, 0.25) is 0 Å². The minimum atomic E-state index is -0.455. The molecule has 0 unspecified atom stereocenters. The van der Waals surface area contributed by atoms with E-state index in [4.69, 9.17) is 9.15 Å². The average molecular weight is 451 g/mol. The van der Waals surface area contributed by atoms with Gasteiger partial charge in [0.15, 0.2) is 0 Å². The third-order valence-electron chi connectivity index (χ3n) is 5.28. The van der Waals surface area contributed by atoms with Gasteiger partial charge < -0.3 is 9.15 Å². The molecule has 0 bridgehead atoms. The SMILES string of the molecule is CCOc1ccc(/C=C(/C#N)c2nc(-c3cc4c(ccc5ccccc54)oc3=O)cs2)cc1. The fourth-order valence-electron chi connectivity index (χ4n) is 3.71. The maximum atomic E-state index is 12.7. The number of nitriles is 1. The average Bonchev–Trinajstić information content (AvgIpc) is 3.33. The van der Waals surface area contributed by atoms with Crippen LogP contribution < -0.4 is 10.4 Å². The first kappa shape index (κ1) is 20.7. The van der Waals surface area contributed by atoms with Crippen molar-refractivity contribution < 1.29 is 9.15 Å². The molecule has 160 valence electrons. The second-order valence-corrected chi connectivity index (χ2v) is 8.21. The molecule has 0 saturated carbocycles. The Kier molecular flexibility index (Phi) is 5.47. The lowest BCUT2D eigenvalue weighted by Gasteiger charge is -2.04. The molecule has 5 rings (SSSR count). The molecule has 2 heterocycles. The molecule has 0 saturated heterocycles. The molecule has 3 aromatic carbocycles. The first-order chi connectivity index (χ1) is 16.2. The van der Waals surface area contributed by atoms with E-state index in [9.17, 15) is 10.1 Å². The van der Waals surface area contributed by atoms with Crippen molar-refractivity contribution in [1.82, 2.24) is 4.98 Å². The van der Waals surface area contributed by atoms with Crippen LogP contribution in [0.3, 0.4) is 0 Å². The number of aromatic nitrogens is 1. The molecule has 5 aromatic rings. The second-order valence-electron chi connectivity index (χ2n) is 7.36. The number of thiazole rings is 1. The van der Waals surface area contributed by atoms with Crippen LogP contribution in [0.5, 0.6) is 5.75 Å². The summed E-state index contributed by atoms with van der Waals surface area (Å²) in [5.74, 6) is 0.778. The predicted molar refractivity (Wildman–Crippen MR) is 132 cm³/mol. The van der Waals surface area contributed by atoms with Crippen molar-refractivity contribution in [3.05, 3.63) is 93.1 Å². The lowest BCUT2D eigenvalue weighted by atomic mass is 10.0. The minimum Gasteiger partial charge on any atom is -0.494 e. The fraction of sp³-hybridized carbons (Fsp3) is 0.0741. The summed E-state index contributed by atoms with van der Waals surface area (Å²) in [5.41, 5.74) is 2.23. The van der Waals surface area contributed by atoms with E-state index < -0.39 is 5.63 Å². The fourth-order valence-corrected chi connectivity index (χ4v) is 4.49. The molecule has 0 amide bonds. The van der Waals surface area contributed by atoms with Crippen LogP contribution in [-0.2, 0) is 0 Å². The number of benzene rings is 3. The van der Waals surface area contributed by atoms with Gasteiger partial charge in [0.05, 0.1) is 23.4 Å².